The zero-order chi connectivity index (χ0) is 21.9. The van der Waals surface area contributed by atoms with Crippen LogP contribution in [0.1, 0.15) is 18.4 Å². The van der Waals surface area contributed by atoms with Crippen molar-refractivity contribution in [1.29, 1.82) is 0 Å². The van der Waals surface area contributed by atoms with Gasteiger partial charge in [0.2, 0.25) is 11.8 Å². The average Bonchev–Trinajstić information content (AvgIpc) is 3.35. The van der Waals surface area contributed by atoms with Crippen LogP contribution in [0.25, 0.3) is 11.5 Å². The quantitative estimate of drug-likeness (QED) is 0.629. The number of nitrogens with zero attached hydrogens (tertiary/aromatic N) is 5. The fourth-order valence-corrected chi connectivity index (χ4v) is 4.56. The van der Waals surface area contributed by atoms with Crippen LogP contribution < -0.4 is 9.80 Å². The summed E-state index contributed by atoms with van der Waals surface area (Å²) in [6.45, 7) is 6.93. The lowest BCUT2D eigenvalue weighted by Crippen LogP contribution is -2.51. The first-order valence-corrected chi connectivity index (χ1v) is 11.4. The number of carbonyl (C=O) groups excluding carboxylic acids is 1. The number of aromatic nitrogens is 2. The summed E-state index contributed by atoms with van der Waals surface area (Å²) in [5.41, 5.74) is 3.35. The Hall–Kier alpha value is -3.35. The number of aryl methyl sites for hydroxylation is 1. The van der Waals surface area contributed by atoms with Gasteiger partial charge in [0.05, 0.1) is 0 Å². The average molecular weight is 432 g/mol. The van der Waals surface area contributed by atoms with E-state index in [2.05, 4.69) is 51.2 Å². The molecule has 1 amide bonds. The molecule has 3 heterocycles. The molecule has 166 valence electrons. The van der Waals surface area contributed by atoms with Crippen LogP contribution in [0.2, 0.25) is 0 Å². The van der Waals surface area contributed by atoms with E-state index in [-0.39, 0.29) is 5.92 Å². The molecule has 7 heteroatoms. The fourth-order valence-electron chi connectivity index (χ4n) is 4.56. The SMILES string of the molecule is Cc1ccc(-c2nnc(N3CCC(C(=O)N4CCN(c5ccccc5)CC4)CC3)o2)cc1. The van der Waals surface area contributed by atoms with Gasteiger partial charge in [0.15, 0.2) is 0 Å². The van der Waals surface area contributed by atoms with Gasteiger partial charge in [0.25, 0.3) is 0 Å². The van der Waals surface area contributed by atoms with Crippen molar-refractivity contribution in [2.75, 3.05) is 49.1 Å². The highest BCUT2D eigenvalue weighted by Crippen LogP contribution is 2.27. The van der Waals surface area contributed by atoms with Gasteiger partial charge in [-0.2, -0.15) is 0 Å². The number of para-hydroxylation sites is 1. The van der Waals surface area contributed by atoms with Crippen LogP contribution in [-0.2, 0) is 4.79 Å². The number of amides is 1. The summed E-state index contributed by atoms with van der Waals surface area (Å²) < 4.78 is 5.92. The predicted octanol–water partition coefficient (Wildman–Crippen LogP) is 3.61. The van der Waals surface area contributed by atoms with Gasteiger partial charge >= 0.3 is 6.01 Å². The third-order valence-corrected chi connectivity index (χ3v) is 6.54. The monoisotopic (exact) mass is 431 g/mol. The highest BCUT2D eigenvalue weighted by molar-refractivity contribution is 5.79. The zero-order valence-corrected chi connectivity index (χ0v) is 18.5. The summed E-state index contributed by atoms with van der Waals surface area (Å²) in [5, 5.41) is 8.46. The summed E-state index contributed by atoms with van der Waals surface area (Å²) in [5.74, 6) is 0.909. The molecule has 3 aromatic rings. The predicted molar refractivity (Wildman–Crippen MR) is 125 cm³/mol. The second-order valence-corrected chi connectivity index (χ2v) is 8.67. The topological polar surface area (TPSA) is 65.7 Å². The Labute approximate surface area is 188 Å². The lowest BCUT2D eigenvalue weighted by Gasteiger charge is -2.39. The number of hydrogen-bond donors (Lipinski definition) is 0. The van der Waals surface area contributed by atoms with Crippen molar-refractivity contribution in [3.05, 3.63) is 60.2 Å². The number of piperazine rings is 1. The molecule has 2 fully saturated rings. The highest BCUT2D eigenvalue weighted by atomic mass is 16.4. The van der Waals surface area contributed by atoms with Crippen molar-refractivity contribution in [3.63, 3.8) is 0 Å². The Morgan fingerprint density at radius 3 is 2.22 bits per heavy atom. The molecule has 0 radical (unpaired) electrons. The number of piperidine rings is 1. The first-order valence-electron chi connectivity index (χ1n) is 11.4. The van der Waals surface area contributed by atoms with Crippen LogP contribution in [0.3, 0.4) is 0 Å². The number of benzene rings is 2. The fraction of sp³-hybridized carbons (Fsp3) is 0.400. The number of hydrogen-bond acceptors (Lipinski definition) is 6. The molecule has 0 aliphatic carbocycles. The molecule has 0 atom stereocenters. The minimum Gasteiger partial charge on any atom is -0.403 e. The summed E-state index contributed by atoms with van der Waals surface area (Å²) in [6.07, 6.45) is 1.64. The molecule has 32 heavy (non-hydrogen) atoms. The Bertz CT molecular complexity index is 1030. The molecule has 7 nitrogen and oxygen atoms in total. The van der Waals surface area contributed by atoms with Gasteiger partial charge in [0, 0.05) is 56.4 Å². The Balaban J connectivity index is 1.13. The van der Waals surface area contributed by atoms with Gasteiger partial charge in [-0.05, 0) is 44.0 Å². The van der Waals surface area contributed by atoms with Crippen molar-refractivity contribution in [2.24, 2.45) is 5.92 Å². The van der Waals surface area contributed by atoms with E-state index in [0.29, 0.717) is 17.8 Å². The number of anilines is 2. The van der Waals surface area contributed by atoms with Crippen molar-refractivity contribution in [2.45, 2.75) is 19.8 Å². The molecule has 0 spiro atoms. The van der Waals surface area contributed by atoms with Gasteiger partial charge in [0.1, 0.15) is 0 Å². The molecule has 2 aromatic carbocycles. The summed E-state index contributed by atoms with van der Waals surface area (Å²) in [7, 11) is 0. The Morgan fingerprint density at radius 2 is 1.53 bits per heavy atom. The number of rotatable bonds is 4. The van der Waals surface area contributed by atoms with Crippen molar-refractivity contribution in [3.8, 4) is 11.5 Å². The third kappa shape index (κ3) is 4.33. The molecule has 2 saturated heterocycles. The second-order valence-electron chi connectivity index (χ2n) is 8.67. The second kappa shape index (κ2) is 9.02. The molecular weight excluding hydrogens is 402 g/mol. The summed E-state index contributed by atoms with van der Waals surface area (Å²) in [4.78, 5) is 19.6. The van der Waals surface area contributed by atoms with Crippen molar-refractivity contribution < 1.29 is 9.21 Å². The van der Waals surface area contributed by atoms with E-state index in [1.165, 1.54) is 11.3 Å². The van der Waals surface area contributed by atoms with Gasteiger partial charge in [-0.1, -0.05) is 41.0 Å². The molecular formula is C25H29N5O2. The van der Waals surface area contributed by atoms with E-state index < -0.39 is 0 Å². The van der Waals surface area contributed by atoms with Crippen LogP contribution in [0, 0.1) is 12.8 Å². The van der Waals surface area contributed by atoms with E-state index in [4.69, 9.17) is 4.42 Å². The lowest BCUT2D eigenvalue weighted by molar-refractivity contribution is -0.136. The normalized spacial score (nSPS) is 17.6. The van der Waals surface area contributed by atoms with Crippen LogP contribution in [0.15, 0.2) is 59.0 Å². The zero-order valence-electron chi connectivity index (χ0n) is 18.5. The van der Waals surface area contributed by atoms with Crippen molar-refractivity contribution in [1.82, 2.24) is 15.1 Å². The van der Waals surface area contributed by atoms with Gasteiger partial charge in [-0.15, -0.1) is 5.10 Å². The molecule has 1 aromatic heterocycles. The maximum absolute atomic E-state index is 13.1. The Kier molecular flexibility index (Phi) is 5.79. The maximum Gasteiger partial charge on any atom is 0.318 e. The first-order chi connectivity index (χ1) is 15.7. The molecule has 2 aliphatic rings. The van der Waals surface area contributed by atoms with Gasteiger partial charge < -0.3 is 19.1 Å². The van der Waals surface area contributed by atoms with Crippen LogP contribution in [0.5, 0.6) is 0 Å². The molecule has 0 bridgehead atoms. The van der Waals surface area contributed by atoms with Crippen molar-refractivity contribution >= 4 is 17.6 Å². The Morgan fingerprint density at radius 1 is 0.844 bits per heavy atom. The summed E-state index contributed by atoms with van der Waals surface area (Å²) >= 11 is 0. The van der Waals surface area contributed by atoms with Crippen LogP contribution in [-0.4, -0.2) is 60.3 Å². The van der Waals surface area contributed by atoms with E-state index >= 15 is 0 Å². The molecule has 0 unspecified atom stereocenters. The van der Waals surface area contributed by atoms with E-state index in [1.54, 1.807) is 0 Å². The third-order valence-electron chi connectivity index (χ3n) is 6.54. The van der Waals surface area contributed by atoms with Gasteiger partial charge in [-0.25, -0.2) is 0 Å². The molecule has 2 aliphatic heterocycles. The number of carbonyl (C=O) groups is 1. The minimum atomic E-state index is 0.0778. The maximum atomic E-state index is 13.1. The van der Waals surface area contributed by atoms with E-state index in [1.807, 2.05) is 35.2 Å². The largest absolute Gasteiger partial charge is 0.403 e. The van der Waals surface area contributed by atoms with E-state index in [0.717, 1.165) is 57.7 Å². The van der Waals surface area contributed by atoms with Crippen LogP contribution >= 0.6 is 0 Å². The first kappa shape index (κ1) is 20.5. The standard InChI is InChI=1S/C25H29N5O2/c1-19-7-9-20(10-8-19)23-26-27-25(32-23)30-13-11-21(12-14-30)24(31)29-17-15-28(16-18-29)22-5-3-2-4-6-22/h2-10,21H,11-18H2,1H3. The van der Waals surface area contributed by atoms with E-state index in [9.17, 15) is 4.79 Å². The van der Waals surface area contributed by atoms with Gasteiger partial charge in [-0.3, -0.25) is 4.79 Å². The molecule has 0 N–H and O–H groups in total. The minimum absolute atomic E-state index is 0.0778. The smallest absolute Gasteiger partial charge is 0.318 e. The molecule has 5 rings (SSSR count). The molecule has 0 saturated carbocycles. The van der Waals surface area contributed by atoms with Crippen LogP contribution in [0.4, 0.5) is 11.7 Å². The highest BCUT2D eigenvalue weighted by Gasteiger charge is 2.31. The summed E-state index contributed by atoms with van der Waals surface area (Å²) in [6, 6.07) is 19.0. The lowest BCUT2D eigenvalue weighted by atomic mass is 9.95.